The maximum atomic E-state index is 12.4. The van der Waals surface area contributed by atoms with Crippen LogP contribution in [0, 0.1) is 5.92 Å². The van der Waals surface area contributed by atoms with E-state index in [1.54, 1.807) is 22.5 Å². The summed E-state index contributed by atoms with van der Waals surface area (Å²) in [5.41, 5.74) is 2.25. The number of rotatable bonds is 3. The number of piperidine rings is 1. The summed E-state index contributed by atoms with van der Waals surface area (Å²) in [6.07, 6.45) is 1.32. The molecule has 6 nitrogen and oxygen atoms in total. The van der Waals surface area contributed by atoms with Crippen LogP contribution in [0.4, 0.5) is 5.13 Å². The maximum Gasteiger partial charge on any atom is 0.253 e. The van der Waals surface area contributed by atoms with Crippen molar-refractivity contribution in [3.8, 4) is 0 Å². The van der Waals surface area contributed by atoms with Gasteiger partial charge in [-0.3, -0.25) is 9.59 Å². The largest absolute Gasteiger partial charge is 0.339 e. The second-order valence-electron chi connectivity index (χ2n) is 5.31. The highest BCUT2D eigenvalue weighted by molar-refractivity contribution is 9.10. The Morgan fingerprint density at radius 3 is 2.52 bits per heavy atom. The molecule has 0 aliphatic carbocycles. The summed E-state index contributed by atoms with van der Waals surface area (Å²) in [6.45, 7) is 1.17. The molecular formula is C15H15BrN4O2S. The summed E-state index contributed by atoms with van der Waals surface area (Å²) in [5, 5.41) is 10.8. The van der Waals surface area contributed by atoms with E-state index in [1.165, 1.54) is 11.3 Å². The lowest BCUT2D eigenvalue weighted by molar-refractivity contribution is -0.121. The molecule has 0 bridgehead atoms. The third-order valence-electron chi connectivity index (χ3n) is 3.83. The van der Waals surface area contributed by atoms with Crippen LogP contribution >= 0.6 is 27.3 Å². The molecular weight excluding hydrogens is 380 g/mol. The van der Waals surface area contributed by atoms with Gasteiger partial charge >= 0.3 is 0 Å². The Morgan fingerprint density at radius 2 is 1.91 bits per heavy atom. The third kappa shape index (κ3) is 3.94. The first-order valence-corrected chi connectivity index (χ1v) is 8.92. The Labute approximate surface area is 146 Å². The van der Waals surface area contributed by atoms with Crippen molar-refractivity contribution in [3.05, 3.63) is 39.8 Å². The van der Waals surface area contributed by atoms with Crippen LogP contribution in [-0.4, -0.2) is 40.0 Å². The third-order valence-corrected chi connectivity index (χ3v) is 4.97. The lowest BCUT2D eigenvalue weighted by atomic mass is 9.95. The molecule has 0 radical (unpaired) electrons. The SMILES string of the molecule is O=C(Nc1nncs1)C1CCN(C(=O)c2ccc(Br)cc2)CC1. The van der Waals surface area contributed by atoms with Crippen molar-refractivity contribution in [2.45, 2.75) is 12.8 Å². The van der Waals surface area contributed by atoms with Gasteiger partial charge in [0, 0.05) is 29.0 Å². The van der Waals surface area contributed by atoms with E-state index in [2.05, 4.69) is 31.4 Å². The predicted molar refractivity (Wildman–Crippen MR) is 91.3 cm³/mol. The van der Waals surface area contributed by atoms with E-state index in [0.29, 0.717) is 36.6 Å². The average molecular weight is 395 g/mol. The number of amides is 2. The Hall–Kier alpha value is -1.80. The number of carbonyl (C=O) groups is 2. The van der Waals surface area contributed by atoms with Gasteiger partial charge in [0.25, 0.3) is 5.91 Å². The Morgan fingerprint density at radius 1 is 1.22 bits per heavy atom. The molecule has 1 aromatic carbocycles. The van der Waals surface area contributed by atoms with Gasteiger partial charge in [-0.15, -0.1) is 10.2 Å². The fraction of sp³-hybridized carbons (Fsp3) is 0.333. The highest BCUT2D eigenvalue weighted by Gasteiger charge is 2.28. The van der Waals surface area contributed by atoms with E-state index in [-0.39, 0.29) is 17.7 Å². The number of hydrogen-bond acceptors (Lipinski definition) is 5. The molecule has 120 valence electrons. The van der Waals surface area contributed by atoms with Crippen LogP contribution in [0.2, 0.25) is 0 Å². The molecule has 1 N–H and O–H groups in total. The fourth-order valence-electron chi connectivity index (χ4n) is 2.55. The van der Waals surface area contributed by atoms with Gasteiger partial charge in [0.2, 0.25) is 11.0 Å². The normalized spacial score (nSPS) is 15.4. The van der Waals surface area contributed by atoms with Crippen LogP contribution in [0.5, 0.6) is 0 Å². The highest BCUT2D eigenvalue weighted by Crippen LogP contribution is 2.22. The first kappa shape index (κ1) is 16.1. The van der Waals surface area contributed by atoms with E-state index in [0.717, 1.165) is 4.47 Å². The number of anilines is 1. The summed E-state index contributed by atoms with van der Waals surface area (Å²) < 4.78 is 0.945. The standard InChI is InChI=1S/C15H15BrN4O2S/c16-12-3-1-11(2-4-12)14(22)20-7-5-10(6-8-20)13(21)18-15-19-17-9-23-15/h1-4,9-10H,5-8H2,(H,18,19,21). The van der Waals surface area contributed by atoms with E-state index in [4.69, 9.17) is 0 Å². The van der Waals surface area contributed by atoms with Crippen molar-refractivity contribution < 1.29 is 9.59 Å². The lowest BCUT2D eigenvalue weighted by Crippen LogP contribution is -2.41. The van der Waals surface area contributed by atoms with Gasteiger partial charge in [0.05, 0.1) is 0 Å². The minimum atomic E-state index is -0.0899. The molecule has 2 amide bonds. The van der Waals surface area contributed by atoms with Gasteiger partial charge in [-0.2, -0.15) is 0 Å². The number of nitrogens with one attached hydrogen (secondary N) is 1. The molecule has 0 atom stereocenters. The van der Waals surface area contributed by atoms with E-state index < -0.39 is 0 Å². The monoisotopic (exact) mass is 394 g/mol. The Bertz CT molecular complexity index is 682. The molecule has 8 heteroatoms. The first-order valence-electron chi connectivity index (χ1n) is 7.25. The van der Waals surface area contributed by atoms with Gasteiger partial charge in [-0.25, -0.2) is 0 Å². The Kier molecular flexibility index (Phi) is 5.02. The van der Waals surface area contributed by atoms with Crippen molar-refractivity contribution in [1.29, 1.82) is 0 Å². The van der Waals surface area contributed by atoms with Crippen LogP contribution in [-0.2, 0) is 4.79 Å². The summed E-state index contributed by atoms with van der Waals surface area (Å²) in [7, 11) is 0. The van der Waals surface area contributed by atoms with Crippen molar-refractivity contribution in [2.24, 2.45) is 5.92 Å². The molecule has 1 aliphatic heterocycles. The molecule has 1 aliphatic rings. The fourth-order valence-corrected chi connectivity index (χ4v) is 3.27. The number of likely N-dealkylation sites (tertiary alicyclic amines) is 1. The van der Waals surface area contributed by atoms with E-state index in [1.807, 2.05) is 12.1 Å². The van der Waals surface area contributed by atoms with Crippen LogP contribution in [0.25, 0.3) is 0 Å². The zero-order valence-electron chi connectivity index (χ0n) is 12.2. The zero-order valence-corrected chi connectivity index (χ0v) is 14.6. The summed E-state index contributed by atoms with van der Waals surface area (Å²) >= 11 is 4.66. The molecule has 0 spiro atoms. The first-order chi connectivity index (χ1) is 11.1. The smallest absolute Gasteiger partial charge is 0.253 e. The molecule has 3 rings (SSSR count). The second kappa shape index (κ2) is 7.18. The lowest BCUT2D eigenvalue weighted by Gasteiger charge is -2.31. The van der Waals surface area contributed by atoms with Gasteiger partial charge in [-0.05, 0) is 37.1 Å². The van der Waals surface area contributed by atoms with Gasteiger partial charge < -0.3 is 10.2 Å². The van der Waals surface area contributed by atoms with Gasteiger partial charge in [-0.1, -0.05) is 27.3 Å². The molecule has 2 heterocycles. The minimum absolute atomic E-state index is 0.0143. The zero-order chi connectivity index (χ0) is 16.2. The Balaban J connectivity index is 1.54. The second-order valence-corrected chi connectivity index (χ2v) is 7.06. The molecule has 1 saturated heterocycles. The van der Waals surface area contributed by atoms with Crippen LogP contribution in [0.3, 0.4) is 0 Å². The van der Waals surface area contributed by atoms with E-state index in [9.17, 15) is 9.59 Å². The number of aromatic nitrogens is 2. The van der Waals surface area contributed by atoms with Gasteiger partial charge in [0.15, 0.2) is 0 Å². The van der Waals surface area contributed by atoms with Crippen LogP contribution in [0.15, 0.2) is 34.2 Å². The maximum absolute atomic E-state index is 12.4. The quantitative estimate of drug-likeness (QED) is 0.868. The van der Waals surface area contributed by atoms with Crippen molar-refractivity contribution in [2.75, 3.05) is 18.4 Å². The molecule has 0 unspecified atom stereocenters. The predicted octanol–water partition coefficient (Wildman–Crippen LogP) is 2.79. The average Bonchev–Trinajstić information content (AvgIpc) is 3.08. The van der Waals surface area contributed by atoms with Crippen molar-refractivity contribution >= 4 is 44.2 Å². The van der Waals surface area contributed by atoms with Crippen LogP contribution in [0.1, 0.15) is 23.2 Å². The molecule has 1 aromatic heterocycles. The van der Waals surface area contributed by atoms with Crippen molar-refractivity contribution in [3.63, 3.8) is 0 Å². The molecule has 2 aromatic rings. The number of halogens is 1. The molecule has 0 saturated carbocycles. The summed E-state index contributed by atoms with van der Waals surface area (Å²) in [4.78, 5) is 26.4. The molecule has 23 heavy (non-hydrogen) atoms. The van der Waals surface area contributed by atoms with Crippen molar-refractivity contribution in [1.82, 2.24) is 15.1 Å². The summed E-state index contributed by atoms with van der Waals surface area (Å²) in [6, 6.07) is 7.33. The highest BCUT2D eigenvalue weighted by atomic mass is 79.9. The number of benzene rings is 1. The topological polar surface area (TPSA) is 75.2 Å². The summed E-state index contributed by atoms with van der Waals surface area (Å²) in [5.74, 6) is -0.120. The van der Waals surface area contributed by atoms with Crippen LogP contribution < -0.4 is 5.32 Å². The number of nitrogens with zero attached hydrogens (tertiary/aromatic N) is 3. The van der Waals surface area contributed by atoms with Gasteiger partial charge in [0.1, 0.15) is 5.51 Å². The molecule has 1 fully saturated rings. The number of hydrogen-bond donors (Lipinski definition) is 1. The minimum Gasteiger partial charge on any atom is -0.339 e. The number of carbonyl (C=O) groups excluding carboxylic acids is 2. The van der Waals surface area contributed by atoms with E-state index >= 15 is 0 Å².